The Balaban J connectivity index is 1.60. The number of halogens is 1. The molecule has 2 aromatic heterocycles. The highest BCUT2D eigenvalue weighted by molar-refractivity contribution is 7.16. The molecule has 114 valence electrons. The summed E-state index contributed by atoms with van der Waals surface area (Å²) in [4.78, 5) is 0.833. The predicted octanol–water partition coefficient (Wildman–Crippen LogP) is 4.02. The summed E-state index contributed by atoms with van der Waals surface area (Å²) in [6.07, 6.45) is 1.50. The number of hydrogen-bond acceptors (Lipinski definition) is 4. The molecule has 0 radical (unpaired) electrons. The number of hydrogen-bond donors (Lipinski definition) is 0. The Hall–Kier alpha value is -2.24. The highest BCUT2D eigenvalue weighted by atomic mass is 35.5. The van der Waals surface area contributed by atoms with Crippen LogP contribution < -0.4 is 0 Å². The number of aromatic nitrogens is 4. The largest absolute Gasteiger partial charge is 0.234 e. The third-order valence-corrected chi connectivity index (χ3v) is 4.72. The maximum absolute atomic E-state index is 5.92. The van der Waals surface area contributed by atoms with E-state index >= 15 is 0 Å². The average Bonchev–Trinajstić information content (AvgIpc) is 3.12. The molecule has 0 aliphatic carbocycles. The molecule has 0 saturated carbocycles. The third-order valence-electron chi connectivity index (χ3n) is 3.57. The van der Waals surface area contributed by atoms with E-state index < -0.39 is 0 Å². The molecule has 2 aromatic carbocycles. The average molecular weight is 341 g/mol. The first-order valence-electron chi connectivity index (χ1n) is 7.26. The minimum absolute atomic E-state index is 0.728. The number of rotatable bonds is 4. The van der Waals surface area contributed by atoms with E-state index in [4.69, 9.17) is 11.6 Å². The van der Waals surface area contributed by atoms with Crippen LogP contribution in [0.2, 0.25) is 5.02 Å². The minimum Gasteiger partial charge on any atom is -0.187 e. The van der Waals surface area contributed by atoms with Crippen molar-refractivity contribution < 1.29 is 0 Å². The van der Waals surface area contributed by atoms with Crippen LogP contribution >= 0.6 is 22.9 Å². The fourth-order valence-electron chi connectivity index (χ4n) is 2.43. The molecular weight excluding hydrogens is 328 g/mol. The highest BCUT2D eigenvalue weighted by Crippen LogP contribution is 2.19. The van der Waals surface area contributed by atoms with Crippen LogP contribution in [0.15, 0.2) is 54.6 Å². The number of fused-ring (bicyclic) bond motifs is 1. The van der Waals surface area contributed by atoms with Gasteiger partial charge in [0.15, 0.2) is 5.82 Å². The molecular formula is C17H13ClN4S. The highest BCUT2D eigenvalue weighted by Gasteiger charge is 2.12. The van der Waals surface area contributed by atoms with Crippen LogP contribution in [-0.2, 0) is 12.8 Å². The van der Waals surface area contributed by atoms with Crippen molar-refractivity contribution in [3.63, 3.8) is 0 Å². The first-order chi connectivity index (χ1) is 11.3. The lowest BCUT2D eigenvalue weighted by atomic mass is 10.1. The lowest BCUT2D eigenvalue weighted by Gasteiger charge is -1.98. The number of nitrogens with zero attached hydrogens (tertiary/aromatic N) is 4. The third kappa shape index (κ3) is 3.11. The topological polar surface area (TPSA) is 43.1 Å². The maximum atomic E-state index is 5.92. The van der Waals surface area contributed by atoms with Gasteiger partial charge in [-0.2, -0.15) is 9.61 Å². The Labute approximate surface area is 142 Å². The summed E-state index contributed by atoms with van der Waals surface area (Å²) in [6, 6.07) is 18.1. The first kappa shape index (κ1) is 14.4. The van der Waals surface area contributed by atoms with Gasteiger partial charge in [-0.25, -0.2) is 0 Å². The Kier molecular flexibility index (Phi) is 3.81. The normalized spacial score (nSPS) is 11.2. The summed E-state index contributed by atoms with van der Waals surface area (Å²) in [7, 11) is 0. The van der Waals surface area contributed by atoms with Crippen molar-refractivity contribution in [3.8, 4) is 0 Å². The number of benzene rings is 2. The molecule has 0 N–H and O–H groups in total. The van der Waals surface area contributed by atoms with E-state index in [0.29, 0.717) is 0 Å². The predicted molar refractivity (Wildman–Crippen MR) is 92.2 cm³/mol. The quantitative estimate of drug-likeness (QED) is 0.563. The van der Waals surface area contributed by atoms with E-state index in [1.165, 1.54) is 11.1 Å². The molecule has 0 bridgehead atoms. The van der Waals surface area contributed by atoms with Gasteiger partial charge in [-0.3, -0.25) is 0 Å². The lowest BCUT2D eigenvalue weighted by molar-refractivity contribution is 0.830. The van der Waals surface area contributed by atoms with Crippen molar-refractivity contribution in [1.29, 1.82) is 0 Å². The van der Waals surface area contributed by atoms with Crippen LogP contribution in [-0.4, -0.2) is 19.8 Å². The molecule has 2 heterocycles. The van der Waals surface area contributed by atoms with Crippen molar-refractivity contribution in [2.45, 2.75) is 12.8 Å². The van der Waals surface area contributed by atoms with E-state index in [9.17, 15) is 0 Å². The van der Waals surface area contributed by atoms with Crippen LogP contribution in [0.25, 0.3) is 4.96 Å². The Morgan fingerprint density at radius 3 is 2.39 bits per heavy atom. The van der Waals surface area contributed by atoms with Gasteiger partial charge in [-0.05, 0) is 23.3 Å². The zero-order valence-corrected chi connectivity index (χ0v) is 13.8. The molecule has 0 amide bonds. The first-order valence-corrected chi connectivity index (χ1v) is 8.46. The van der Waals surface area contributed by atoms with Gasteiger partial charge < -0.3 is 0 Å². The molecule has 0 fully saturated rings. The van der Waals surface area contributed by atoms with E-state index in [1.54, 1.807) is 11.3 Å². The lowest BCUT2D eigenvalue weighted by Crippen LogP contribution is -1.98. The van der Waals surface area contributed by atoms with Crippen LogP contribution in [0, 0.1) is 0 Å². The molecule has 4 nitrogen and oxygen atoms in total. The van der Waals surface area contributed by atoms with Crippen LogP contribution in [0.3, 0.4) is 0 Å². The van der Waals surface area contributed by atoms with Crippen molar-refractivity contribution in [3.05, 3.63) is 81.6 Å². The molecule has 6 heteroatoms. The van der Waals surface area contributed by atoms with Crippen LogP contribution in [0.4, 0.5) is 0 Å². The van der Waals surface area contributed by atoms with E-state index in [-0.39, 0.29) is 0 Å². The summed E-state index contributed by atoms with van der Waals surface area (Å²) < 4.78 is 1.85. The monoisotopic (exact) mass is 340 g/mol. The van der Waals surface area contributed by atoms with Gasteiger partial charge in [0.1, 0.15) is 5.01 Å². The molecule has 0 saturated heterocycles. The summed E-state index contributed by atoms with van der Waals surface area (Å²) in [6.45, 7) is 0. The van der Waals surface area contributed by atoms with Gasteiger partial charge in [0.2, 0.25) is 4.96 Å². The Morgan fingerprint density at radius 1 is 0.870 bits per heavy atom. The maximum Gasteiger partial charge on any atom is 0.234 e. The fraction of sp³-hybridized carbons (Fsp3) is 0.118. The van der Waals surface area contributed by atoms with Gasteiger partial charge in [0.25, 0.3) is 0 Å². The van der Waals surface area contributed by atoms with Gasteiger partial charge >= 0.3 is 0 Å². The zero-order valence-electron chi connectivity index (χ0n) is 12.2. The minimum atomic E-state index is 0.728. The van der Waals surface area contributed by atoms with E-state index in [1.807, 2.05) is 47.0 Å². The van der Waals surface area contributed by atoms with Gasteiger partial charge in [0.05, 0.1) is 0 Å². The second kappa shape index (κ2) is 6.10. The van der Waals surface area contributed by atoms with Crippen LogP contribution in [0.5, 0.6) is 0 Å². The molecule has 23 heavy (non-hydrogen) atoms. The summed E-state index contributed by atoms with van der Waals surface area (Å²) in [5.41, 5.74) is 2.39. The molecule has 0 aliphatic rings. The Bertz CT molecular complexity index is 928. The van der Waals surface area contributed by atoms with E-state index in [0.717, 1.165) is 33.7 Å². The second-order valence-corrected chi connectivity index (χ2v) is 6.75. The summed E-state index contributed by atoms with van der Waals surface area (Å²) in [5.74, 6) is 0.866. The summed E-state index contributed by atoms with van der Waals surface area (Å²) >= 11 is 7.50. The SMILES string of the molecule is Clc1ccc(Cc2nn3c(Cc4ccccc4)nnc3s2)cc1. The molecule has 0 aliphatic heterocycles. The second-order valence-electron chi connectivity index (χ2n) is 5.27. The molecule has 0 spiro atoms. The van der Waals surface area contributed by atoms with Crippen LogP contribution in [0.1, 0.15) is 22.0 Å². The zero-order chi connectivity index (χ0) is 15.6. The van der Waals surface area contributed by atoms with E-state index in [2.05, 4.69) is 27.4 Å². The van der Waals surface area contributed by atoms with Crippen molar-refractivity contribution in [1.82, 2.24) is 19.8 Å². The molecule has 0 unspecified atom stereocenters. The molecule has 4 aromatic rings. The van der Waals surface area contributed by atoms with Gasteiger partial charge in [0, 0.05) is 17.9 Å². The fourth-order valence-corrected chi connectivity index (χ4v) is 3.45. The van der Waals surface area contributed by atoms with Gasteiger partial charge in [-0.15, -0.1) is 10.2 Å². The van der Waals surface area contributed by atoms with Gasteiger partial charge in [-0.1, -0.05) is 65.4 Å². The smallest absolute Gasteiger partial charge is 0.187 e. The molecule has 4 rings (SSSR count). The van der Waals surface area contributed by atoms with Crippen molar-refractivity contribution in [2.24, 2.45) is 0 Å². The Morgan fingerprint density at radius 2 is 1.61 bits per heavy atom. The molecule has 0 atom stereocenters. The standard InChI is InChI=1S/C17H13ClN4S/c18-14-8-6-13(7-9-14)11-16-21-22-15(19-20-17(22)23-16)10-12-4-2-1-3-5-12/h1-9H,10-11H2. The van der Waals surface area contributed by atoms with Crippen molar-refractivity contribution >= 4 is 27.9 Å². The summed E-state index contributed by atoms with van der Waals surface area (Å²) in [5, 5.41) is 14.9. The van der Waals surface area contributed by atoms with Crippen molar-refractivity contribution in [2.75, 3.05) is 0 Å².